The van der Waals surface area contributed by atoms with E-state index in [0.717, 1.165) is 11.3 Å². The molecule has 92 valence electrons. The Bertz CT molecular complexity index is 576. The lowest BCUT2D eigenvalue weighted by Gasteiger charge is -2.10. The van der Waals surface area contributed by atoms with Gasteiger partial charge in [-0.3, -0.25) is 4.79 Å². The Morgan fingerprint density at radius 1 is 1.22 bits per heavy atom. The molecule has 18 heavy (non-hydrogen) atoms. The number of nitrogens with two attached hydrogens (primary N) is 1. The van der Waals surface area contributed by atoms with Crippen LogP contribution in [0.15, 0.2) is 36.5 Å². The van der Waals surface area contributed by atoms with Crippen LogP contribution in [-0.2, 0) is 0 Å². The van der Waals surface area contributed by atoms with Crippen LogP contribution in [-0.4, -0.2) is 10.8 Å². The molecule has 0 saturated carbocycles. The molecule has 1 aromatic heterocycles. The highest BCUT2D eigenvalue weighted by Gasteiger charge is 2.04. The lowest BCUT2D eigenvalue weighted by atomic mass is 10.1. The minimum atomic E-state index is 0.0507. The summed E-state index contributed by atoms with van der Waals surface area (Å²) in [4.78, 5) is 15.3. The monoisotopic (exact) mass is 241 g/mol. The zero-order valence-electron chi connectivity index (χ0n) is 10.4. The average molecular weight is 241 g/mol. The minimum Gasteiger partial charge on any atom is -0.396 e. The summed E-state index contributed by atoms with van der Waals surface area (Å²) in [7, 11) is 0. The van der Waals surface area contributed by atoms with Gasteiger partial charge in [0.15, 0.2) is 11.6 Å². The lowest BCUT2D eigenvalue weighted by Crippen LogP contribution is -2.01. The van der Waals surface area contributed by atoms with Crippen LogP contribution in [0.25, 0.3) is 0 Å². The fourth-order valence-electron chi connectivity index (χ4n) is 1.59. The average Bonchev–Trinajstić information content (AvgIpc) is 2.36. The highest BCUT2D eigenvalue weighted by atomic mass is 16.1. The predicted molar refractivity (Wildman–Crippen MR) is 73.1 cm³/mol. The number of hydrogen-bond donors (Lipinski definition) is 2. The van der Waals surface area contributed by atoms with Gasteiger partial charge in [0, 0.05) is 17.4 Å². The molecular formula is C14H15N3O. The van der Waals surface area contributed by atoms with Crippen LogP contribution in [0.1, 0.15) is 22.8 Å². The van der Waals surface area contributed by atoms with Gasteiger partial charge in [0.25, 0.3) is 0 Å². The first-order valence-corrected chi connectivity index (χ1v) is 5.67. The van der Waals surface area contributed by atoms with Gasteiger partial charge in [-0.05, 0) is 49.7 Å². The van der Waals surface area contributed by atoms with E-state index in [1.807, 2.05) is 25.1 Å². The molecule has 0 aliphatic heterocycles. The van der Waals surface area contributed by atoms with E-state index in [1.54, 1.807) is 25.3 Å². The van der Waals surface area contributed by atoms with Crippen molar-refractivity contribution in [2.24, 2.45) is 0 Å². The Hall–Kier alpha value is -2.36. The van der Waals surface area contributed by atoms with Gasteiger partial charge in [0.1, 0.15) is 0 Å². The Balaban J connectivity index is 2.24. The van der Waals surface area contributed by atoms with Crippen LogP contribution in [0.4, 0.5) is 17.2 Å². The van der Waals surface area contributed by atoms with Crippen molar-refractivity contribution in [2.75, 3.05) is 11.1 Å². The highest BCUT2D eigenvalue weighted by Crippen LogP contribution is 2.23. The number of carbonyl (C=O) groups is 1. The normalized spacial score (nSPS) is 10.1. The Morgan fingerprint density at radius 3 is 2.50 bits per heavy atom. The van der Waals surface area contributed by atoms with Crippen molar-refractivity contribution in [1.82, 2.24) is 4.98 Å². The van der Waals surface area contributed by atoms with Crippen molar-refractivity contribution in [3.8, 4) is 0 Å². The molecule has 0 unspecified atom stereocenters. The van der Waals surface area contributed by atoms with Gasteiger partial charge in [-0.15, -0.1) is 0 Å². The fraction of sp³-hybridized carbons (Fsp3) is 0.143. The standard InChI is InChI=1S/C14H15N3O/c1-9-7-8-16-14(13(9)15)17-12-5-3-11(4-6-12)10(2)18/h3-8H,15H2,1-2H3,(H,16,17). The van der Waals surface area contributed by atoms with Crippen LogP contribution in [0, 0.1) is 6.92 Å². The summed E-state index contributed by atoms with van der Waals surface area (Å²) in [6.45, 7) is 3.48. The molecule has 4 heteroatoms. The molecule has 1 heterocycles. The smallest absolute Gasteiger partial charge is 0.159 e. The number of rotatable bonds is 3. The largest absolute Gasteiger partial charge is 0.396 e. The van der Waals surface area contributed by atoms with Crippen LogP contribution < -0.4 is 11.1 Å². The van der Waals surface area contributed by atoms with Crippen molar-refractivity contribution in [3.63, 3.8) is 0 Å². The molecule has 0 radical (unpaired) electrons. The number of anilines is 3. The molecule has 0 amide bonds. The molecule has 0 aliphatic rings. The van der Waals surface area contributed by atoms with Crippen LogP contribution in [0.2, 0.25) is 0 Å². The van der Waals surface area contributed by atoms with E-state index in [9.17, 15) is 4.79 Å². The van der Waals surface area contributed by atoms with E-state index in [0.29, 0.717) is 17.1 Å². The number of nitrogens with zero attached hydrogens (tertiary/aromatic N) is 1. The number of hydrogen-bond acceptors (Lipinski definition) is 4. The van der Waals surface area contributed by atoms with Gasteiger partial charge in [-0.1, -0.05) is 0 Å². The summed E-state index contributed by atoms with van der Waals surface area (Å²) in [5.41, 5.74) is 9.08. The molecule has 0 aliphatic carbocycles. The van der Waals surface area contributed by atoms with E-state index in [4.69, 9.17) is 5.73 Å². The molecule has 0 atom stereocenters. The molecule has 2 aromatic rings. The fourth-order valence-corrected chi connectivity index (χ4v) is 1.59. The summed E-state index contributed by atoms with van der Waals surface area (Å²) in [6, 6.07) is 9.08. The van der Waals surface area contributed by atoms with Gasteiger partial charge in [0.05, 0.1) is 5.69 Å². The number of nitrogens with one attached hydrogen (secondary N) is 1. The van der Waals surface area contributed by atoms with E-state index in [-0.39, 0.29) is 5.78 Å². The molecule has 0 spiro atoms. The first-order valence-electron chi connectivity index (χ1n) is 5.67. The van der Waals surface area contributed by atoms with E-state index in [1.165, 1.54) is 0 Å². The van der Waals surface area contributed by atoms with Gasteiger partial charge >= 0.3 is 0 Å². The number of pyridine rings is 1. The van der Waals surface area contributed by atoms with Crippen molar-refractivity contribution in [2.45, 2.75) is 13.8 Å². The molecule has 0 fully saturated rings. The first kappa shape index (κ1) is 12.1. The van der Waals surface area contributed by atoms with Crippen LogP contribution >= 0.6 is 0 Å². The van der Waals surface area contributed by atoms with Crippen LogP contribution in [0.5, 0.6) is 0 Å². The Labute approximate surface area is 106 Å². The summed E-state index contributed by atoms with van der Waals surface area (Å²) in [6.07, 6.45) is 1.71. The van der Waals surface area contributed by atoms with E-state index < -0.39 is 0 Å². The quantitative estimate of drug-likeness (QED) is 0.811. The summed E-state index contributed by atoms with van der Waals surface area (Å²) in [5, 5.41) is 3.13. The third kappa shape index (κ3) is 2.48. The molecule has 0 bridgehead atoms. The maximum absolute atomic E-state index is 11.2. The zero-order valence-corrected chi connectivity index (χ0v) is 10.4. The second kappa shape index (κ2) is 4.87. The third-order valence-corrected chi connectivity index (χ3v) is 2.76. The second-order valence-electron chi connectivity index (χ2n) is 4.15. The van der Waals surface area contributed by atoms with Crippen molar-refractivity contribution in [3.05, 3.63) is 47.7 Å². The summed E-state index contributed by atoms with van der Waals surface area (Å²) >= 11 is 0. The van der Waals surface area contributed by atoms with Gasteiger partial charge in [-0.25, -0.2) is 4.98 Å². The number of Topliss-reactive ketones (excluding diaryl/α,β-unsaturated/α-hetero) is 1. The number of aromatic nitrogens is 1. The van der Waals surface area contributed by atoms with Gasteiger partial charge < -0.3 is 11.1 Å². The Morgan fingerprint density at radius 2 is 1.89 bits per heavy atom. The molecular weight excluding hydrogens is 226 g/mol. The van der Waals surface area contributed by atoms with E-state index >= 15 is 0 Å². The molecule has 0 saturated heterocycles. The van der Waals surface area contributed by atoms with Crippen molar-refractivity contribution < 1.29 is 4.79 Å². The predicted octanol–water partition coefficient (Wildman–Crippen LogP) is 2.92. The SMILES string of the molecule is CC(=O)c1ccc(Nc2nccc(C)c2N)cc1. The van der Waals surface area contributed by atoms with Crippen LogP contribution in [0.3, 0.4) is 0 Å². The molecule has 3 N–H and O–H groups in total. The number of nitrogen functional groups attached to an aromatic ring is 1. The summed E-state index contributed by atoms with van der Waals surface area (Å²) < 4.78 is 0. The Kier molecular flexibility index (Phi) is 3.28. The zero-order chi connectivity index (χ0) is 13.1. The van der Waals surface area contributed by atoms with Gasteiger partial charge in [0.2, 0.25) is 0 Å². The van der Waals surface area contributed by atoms with Gasteiger partial charge in [-0.2, -0.15) is 0 Å². The maximum Gasteiger partial charge on any atom is 0.159 e. The molecule has 4 nitrogen and oxygen atoms in total. The third-order valence-electron chi connectivity index (χ3n) is 2.76. The molecule has 2 rings (SSSR count). The number of aryl methyl sites for hydroxylation is 1. The highest BCUT2D eigenvalue weighted by molar-refractivity contribution is 5.94. The summed E-state index contributed by atoms with van der Waals surface area (Å²) in [5.74, 6) is 0.681. The van der Waals surface area contributed by atoms with E-state index in [2.05, 4.69) is 10.3 Å². The second-order valence-corrected chi connectivity index (χ2v) is 4.15. The van der Waals surface area contributed by atoms with Crippen molar-refractivity contribution >= 4 is 23.0 Å². The van der Waals surface area contributed by atoms with Crippen molar-refractivity contribution in [1.29, 1.82) is 0 Å². The minimum absolute atomic E-state index is 0.0507. The number of ketones is 1. The molecule has 1 aromatic carbocycles. The maximum atomic E-state index is 11.2. The number of benzene rings is 1. The number of carbonyl (C=O) groups excluding carboxylic acids is 1. The first-order chi connectivity index (χ1) is 8.58. The topological polar surface area (TPSA) is 68.0 Å². The lowest BCUT2D eigenvalue weighted by molar-refractivity contribution is 0.101.